The number of aromatic nitrogens is 2. The largest absolute Gasteiger partial charge is 0 e. The smallest absolute Gasteiger partial charge is 0 e. The number of rotatable bonds is 5. The molecule has 0 unspecified atom stereocenters. The topological polar surface area (TPSA) is 38.9 Å². The molecule has 0 aliphatic heterocycles. The average Bonchev–Trinajstić information content (AvgIpc) is 3.52. The zero-order valence-electron chi connectivity index (χ0n) is 36.5. The van der Waals surface area contributed by atoms with Gasteiger partial charge in [-0.3, -0.25) is 0 Å². The molecule has 7 aromatic rings. The summed E-state index contributed by atoms with van der Waals surface area (Å²) in [6.45, 7) is 0.0877. The Morgan fingerprint density at radius 2 is 1.53 bits per heavy atom. The molecule has 0 saturated carbocycles. The van der Waals surface area contributed by atoms with Gasteiger partial charge in [0.2, 0.25) is 0 Å². The molecule has 3 aromatic heterocycles. The predicted molar refractivity (Wildman–Crippen MR) is 205 cm³/mol. The third kappa shape index (κ3) is 8.32. The van der Waals surface area contributed by atoms with Crippen LogP contribution in [0.1, 0.15) is 48.4 Å². The van der Waals surface area contributed by atoms with Gasteiger partial charge in [0.25, 0.3) is 0 Å². The van der Waals surface area contributed by atoms with Crippen LogP contribution in [0, 0.1) is 31.3 Å². The van der Waals surface area contributed by atoms with E-state index < -0.39 is 38.8 Å². The Kier molecular flexibility index (Phi) is 8.24. The van der Waals surface area contributed by atoms with Crippen LogP contribution >= 0.6 is 0 Å². The van der Waals surface area contributed by atoms with E-state index >= 15 is 0 Å². The minimum Gasteiger partial charge on any atom is 0 e. The molecule has 5 heteroatoms. The number of pyridine rings is 2. The summed E-state index contributed by atoms with van der Waals surface area (Å²) in [4.78, 5) is 8.93. The van der Waals surface area contributed by atoms with Crippen molar-refractivity contribution in [1.29, 1.82) is 0 Å². The van der Waals surface area contributed by atoms with Crippen molar-refractivity contribution < 1.29 is 35.5 Å². The summed E-state index contributed by atoms with van der Waals surface area (Å²) < 4.78 is 74.4. The predicted octanol–water partition coefficient (Wildman–Crippen LogP) is 11.4. The van der Waals surface area contributed by atoms with E-state index in [1.807, 2.05) is 66.9 Å². The van der Waals surface area contributed by atoms with Gasteiger partial charge in [-0.1, -0.05) is 85.8 Å². The van der Waals surface area contributed by atoms with E-state index in [0.29, 0.717) is 27.5 Å². The van der Waals surface area contributed by atoms with Crippen LogP contribution in [-0.2, 0) is 26.5 Å². The Bertz CT molecular complexity index is 2490. The fourth-order valence-electron chi connectivity index (χ4n) is 5.50. The van der Waals surface area contributed by atoms with Crippen molar-refractivity contribution in [3.8, 4) is 33.6 Å². The zero-order chi connectivity index (χ0) is 40.8. The quantitative estimate of drug-likeness (QED) is 0.128. The van der Waals surface area contributed by atoms with Crippen molar-refractivity contribution in [3.05, 3.63) is 138 Å². The van der Waals surface area contributed by atoms with Gasteiger partial charge < -0.3 is 9.40 Å². The molecule has 0 aliphatic carbocycles. The van der Waals surface area contributed by atoms with Gasteiger partial charge in [-0.05, 0) is 53.4 Å². The minimum absolute atomic E-state index is 0. The normalized spacial score (nSPS) is 14.8. The van der Waals surface area contributed by atoms with Gasteiger partial charge in [0.05, 0.1) is 5.58 Å². The van der Waals surface area contributed by atoms with Crippen LogP contribution in [0.4, 0.5) is 0 Å². The average molecular weight is 890 g/mol. The van der Waals surface area contributed by atoms with E-state index in [4.69, 9.17) is 15.4 Å². The van der Waals surface area contributed by atoms with E-state index in [2.05, 4.69) is 51.5 Å². The Morgan fingerprint density at radius 1 is 0.776 bits per heavy atom. The summed E-state index contributed by atoms with van der Waals surface area (Å²) in [5.74, 6) is 7.14. The van der Waals surface area contributed by atoms with Gasteiger partial charge in [-0.15, -0.1) is 18.2 Å². The molecule has 4 aromatic carbocycles. The number of hydrogen-bond donors (Lipinski definition) is 0. The molecule has 0 N–H and O–H groups in total. The van der Waals surface area contributed by atoms with Crippen molar-refractivity contribution in [3.63, 3.8) is 0 Å². The summed E-state index contributed by atoms with van der Waals surface area (Å²) in [5.41, 5.74) is 3.62. The molecule has 3 nitrogen and oxygen atoms in total. The molecule has 49 heavy (non-hydrogen) atoms. The number of benzene rings is 4. The first-order chi connectivity index (χ1) is 26.1. The SMILES string of the molecule is [2H]C([2H])([2H])c1cnc(-c2[c-]ccc3c2oc2c(C([2H])([2H])[2H])c(-c4ccccc4)ccc23)cc1C([2H])([2H])C(C)(C)C.[CH3][Ge]([CH3])([CH3])[c]1ccc(-c2[c-]cccc2)nc1.[Ir]. The number of nitrogens with zero attached hydrogens (tertiary/aromatic N) is 2. The summed E-state index contributed by atoms with van der Waals surface area (Å²) in [7, 11) is 0. The van der Waals surface area contributed by atoms with E-state index in [1.54, 1.807) is 39.0 Å². The second-order valence-corrected chi connectivity index (χ2v) is 24.5. The Labute approximate surface area is 319 Å². The van der Waals surface area contributed by atoms with Gasteiger partial charge in [0.15, 0.2) is 0 Å². The summed E-state index contributed by atoms with van der Waals surface area (Å²) in [5, 5.41) is 1.26. The maximum atomic E-state index is 8.84. The third-order valence-electron chi connectivity index (χ3n) is 7.97. The first-order valence-electron chi connectivity index (χ1n) is 20.0. The first-order valence-corrected chi connectivity index (χ1v) is 23.3. The molecule has 7 rings (SSSR count). The van der Waals surface area contributed by atoms with Crippen LogP contribution in [0.15, 0.2) is 114 Å². The maximum absolute atomic E-state index is 8.84. The maximum Gasteiger partial charge on any atom is 0 e. The van der Waals surface area contributed by atoms with Crippen LogP contribution in [0.5, 0.6) is 0 Å². The van der Waals surface area contributed by atoms with E-state index in [0.717, 1.165) is 16.8 Å². The molecule has 0 aliphatic rings. The Morgan fingerprint density at radius 3 is 2.18 bits per heavy atom. The molecule has 3 heterocycles. The molecule has 0 amide bonds. The van der Waals surface area contributed by atoms with Gasteiger partial charge in [0.1, 0.15) is 5.58 Å². The fourth-order valence-corrected chi connectivity index (χ4v) is 7.67. The number of fused-ring (bicyclic) bond motifs is 3. The number of hydrogen-bond acceptors (Lipinski definition) is 3. The zero-order valence-corrected chi connectivity index (χ0v) is 33.0. The molecule has 251 valence electrons. The number of furan rings is 1. The van der Waals surface area contributed by atoms with Crippen LogP contribution in [-0.4, -0.2) is 23.2 Å². The molecule has 0 spiro atoms. The molecule has 0 bridgehead atoms. The van der Waals surface area contributed by atoms with E-state index in [-0.39, 0.29) is 48.1 Å². The number of aryl methyl sites for hydroxylation is 2. The van der Waals surface area contributed by atoms with Crippen molar-refractivity contribution in [2.75, 3.05) is 0 Å². The minimum atomic E-state index is -2.57. The molecule has 0 saturated heterocycles. The van der Waals surface area contributed by atoms with Crippen molar-refractivity contribution in [2.45, 2.75) is 58.1 Å². The third-order valence-corrected chi connectivity index (χ3v) is 12.2. The monoisotopic (exact) mass is 891 g/mol. The second kappa shape index (κ2) is 15.0. The van der Waals surface area contributed by atoms with Crippen LogP contribution in [0.3, 0.4) is 0 Å². The molecular formula is C44H44GeIrN2O-2. The molecular weight excluding hydrogens is 837 g/mol. The van der Waals surface area contributed by atoms with Crippen molar-refractivity contribution in [1.82, 2.24) is 9.97 Å². The van der Waals surface area contributed by atoms with Gasteiger partial charge in [0, 0.05) is 42.7 Å². The first kappa shape index (κ1) is 27.0. The Balaban J connectivity index is 0.000000305. The Hall–Kier alpha value is -3.83. The fraction of sp³-hybridized carbons (Fsp3) is 0.227. The van der Waals surface area contributed by atoms with Crippen LogP contribution < -0.4 is 4.40 Å². The second-order valence-electron chi connectivity index (χ2n) is 13.9. The van der Waals surface area contributed by atoms with Gasteiger partial charge >= 0.3 is 99.8 Å². The van der Waals surface area contributed by atoms with E-state index in [1.165, 1.54) is 16.7 Å². The standard InChI is InChI=1S/C30H28NO.C14H16GeN.Ir/c1-19-18-31-27(16-22(19)17-30(3,4)5)26-13-9-12-24-25-15-14-23(21-10-7-6-8-11-21)20(2)28(25)32-29(24)26;1-15(2,3)13-9-10-14(16-11-13)12-7-5-4-6-8-12;/h6-12,14-16,18H,17H2,1-5H3;4-7,9-11H,1-3H3;/q2*-1;/i1D3,2D3,17D2;;. The van der Waals surface area contributed by atoms with Crippen LogP contribution in [0.25, 0.3) is 55.6 Å². The summed E-state index contributed by atoms with van der Waals surface area (Å²) in [6.07, 6.45) is 1.23. The molecule has 0 fully saturated rings. The molecule has 1 radical (unpaired) electrons. The van der Waals surface area contributed by atoms with Gasteiger partial charge in [-0.2, -0.15) is 0 Å². The molecule has 0 atom stereocenters. The van der Waals surface area contributed by atoms with Gasteiger partial charge in [-0.25, -0.2) is 0 Å². The summed E-state index contributed by atoms with van der Waals surface area (Å²) >= 11 is -1.72. The van der Waals surface area contributed by atoms with Crippen LogP contribution in [0.2, 0.25) is 17.3 Å². The summed E-state index contributed by atoms with van der Waals surface area (Å²) in [6, 6.07) is 36.4. The van der Waals surface area contributed by atoms with E-state index in [9.17, 15) is 0 Å². The van der Waals surface area contributed by atoms with Crippen molar-refractivity contribution in [2.24, 2.45) is 5.41 Å². The van der Waals surface area contributed by atoms with Crippen molar-refractivity contribution >= 4 is 39.6 Å².